The van der Waals surface area contributed by atoms with E-state index in [9.17, 15) is 9.59 Å². The minimum atomic E-state index is -0.840. The molecule has 2 aliphatic heterocycles. The van der Waals surface area contributed by atoms with Gasteiger partial charge in [-0.3, -0.25) is 14.5 Å². The van der Waals surface area contributed by atoms with Crippen LogP contribution in [0.15, 0.2) is 23.7 Å². The first-order chi connectivity index (χ1) is 12.1. The summed E-state index contributed by atoms with van der Waals surface area (Å²) in [5.41, 5.74) is 3.25. The van der Waals surface area contributed by atoms with Gasteiger partial charge in [0.05, 0.1) is 47.1 Å². The Labute approximate surface area is 148 Å². The Morgan fingerprint density at radius 2 is 2.16 bits per heavy atom. The second-order valence-corrected chi connectivity index (χ2v) is 7.46. The monoisotopic (exact) mass is 361 g/mol. The fraction of sp³-hybridized carbons (Fsp3) is 0.471. The van der Waals surface area contributed by atoms with E-state index in [4.69, 9.17) is 9.84 Å². The van der Waals surface area contributed by atoms with Gasteiger partial charge in [0, 0.05) is 25.6 Å². The number of ether oxygens (including phenoxy) is 1. The van der Waals surface area contributed by atoms with Crippen LogP contribution in [0.2, 0.25) is 0 Å². The van der Waals surface area contributed by atoms with E-state index < -0.39 is 5.97 Å². The maximum atomic E-state index is 13.3. The zero-order valence-electron chi connectivity index (χ0n) is 13.6. The fourth-order valence-electron chi connectivity index (χ4n) is 3.72. The van der Waals surface area contributed by atoms with Gasteiger partial charge in [-0.15, -0.1) is 11.3 Å². The van der Waals surface area contributed by atoms with E-state index in [-0.39, 0.29) is 24.4 Å². The number of nitrogens with zero attached hydrogens (tertiary/aromatic N) is 3. The number of carboxylic acid groups (broad SMARTS) is 1. The molecule has 1 aromatic heterocycles. The zero-order valence-corrected chi connectivity index (χ0v) is 14.4. The number of hydrogen-bond acceptors (Lipinski definition) is 6. The molecule has 0 spiro atoms. The molecule has 25 heavy (non-hydrogen) atoms. The third-order valence-corrected chi connectivity index (χ3v) is 5.63. The van der Waals surface area contributed by atoms with E-state index in [0.29, 0.717) is 38.4 Å². The summed E-state index contributed by atoms with van der Waals surface area (Å²) in [6.07, 6.45) is 0. The minimum absolute atomic E-state index is 0.000538. The summed E-state index contributed by atoms with van der Waals surface area (Å²) in [5.74, 6) is -0.739. The van der Waals surface area contributed by atoms with Crippen LogP contribution >= 0.6 is 11.3 Å². The van der Waals surface area contributed by atoms with Gasteiger partial charge in [0.1, 0.15) is 0 Å². The topological polar surface area (TPSA) is 83.0 Å². The van der Waals surface area contributed by atoms with Gasteiger partial charge >= 0.3 is 5.97 Å². The van der Waals surface area contributed by atoms with Crippen molar-refractivity contribution in [3.05, 3.63) is 29.3 Å². The number of thiazole rings is 1. The van der Waals surface area contributed by atoms with Crippen molar-refractivity contribution in [3.63, 3.8) is 0 Å². The van der Waals surface area contributed by atoms with Crippen LogP contribution in [0.1, 0.15) is 10.4 Å². The third kappa shape index (κ3) is 3.24. The zero-order chi connectivity index (χ0) is 17.4. The second-order valence-electron chi connectivity index (χ2n) is 6.61. The number of carbonyl (C=O) groups excluding carboxylic acids is 1. The normalized spacial score (nSPS) is 24.2. The predicted molar refractivity (Wildman–Crippen MR) is 92.8 cm³/mol. The number of carbonyl (C=O) groups is 2. The van der Waals surface area contributed by atoms with Crippen molar-refractivity contribution >= 4 is 33.4 Å². The first-order valence-corrected chi connectivity index (χ1v) is 9.15. The number of amides is 1. The second kappa shape index (κ2) is 6.70. The molecule has 0 saturated carbocycles. The number of rotatable bonds is 3. The first-order valence-electron chi connectivity index (χ1n) is 8.27. The Kier molecular flexibility index (Phi) is 4.41. The van der Waals surface area contributed by atoms with E-state index in [1.165, 1.54) is 11.3 Å². The Morgan fingerprint density at radius 3 is 3.00 bits per heavy atom. The number of aromatic nitrogens is 1. The molecule has 132 valence electrons. The predicted octanol–water partition coefficient (Wildman–Crippen LogP) is 1.15. The molecular formula is C17H19N3O4S. The number of fused-ring (bicyclic) bond motifs is 4. The van der Waals surface area contributed by atoms with E-state index >= 15 is 0 Å². The fourth-order valence-corrected chi connectivity index (χ4v) is 4.51. The molecule has 2 bridgehead atoms. The summed E-state index contributed by atoms with van der Waals surface area (Å²) in [6, 6.07) is 5.46. The van der Waals surface area contributed by atoms with Crippen molar-refractivity contribution in [2.75, 3.05) is 39.4 Å². The molecule has 2 fully saturated rings. The molecule has 0 unspecified atom stereocenters. The molecule has 1 amide bonds. The maximum absolute atomic E-state index is 13.3. The van der Waals surface area contributed by atoms with E-state index in [1.54, 1.807) is 5.51 Å². The molecule has 0 aliphatic carbocycles. The number of carboxylic acids is 1. The smallest absolute Gasteiger partial charge is 0.317 e. The summed E-state index contributed by atoms with van der Waals surface area (Å²) < 4.78 is 6.62. The average molecular weight is 361 g/mol. The Bertz CT molecular complexity index is 808. The highest BCUT2D eigenvalue weighted by Gasteiger charge is 2.37. The summed E-state index contributed by atoms with van der Waals surface area (Å²) >= 11 is 1.47. The van der Waals surface area contributed by atoms with Crippen molar-refractivity contribution in [2.24, 2.45) is 5.92 Å². The molecule has 4 rings (SSSR count). The Morgan fingerprint density at radius 1 is 1.28 bits per heavy atom. The summed E-state index contributed by atoms with van der Waals surface area (Å²) in [7, 11) is 0. The molecular weight excluding hydrogens is 342 g/mol. The highest BCUT2D eigenvalue weighted by molar-refractivity contribution is 7.17. The lowest BCUT2D eigenvalue weighted by atomic mass is 10.1. The quantitative estimate of drug-likeness (QED) is 0.883. The minimum Gasteiger partial charge on any atom is -0.480 e. The average Bonchev–Trinajstić information content (AvgIpc) is 2.87. The van der Waals surface area contributed by atoms with Crippen molar-refractivity contribution in [1.29, 1.82) is 0 Å². The molecule has 1 N–H and O–H groups in total. The van der Waals surface area contributed by atoms with Crippen LogP contribution in [0.3, 0.4) is 0 Å². The van der Waals surface area contributed by atoms with Crippen LogP contribution in [0, 0.1) is 5.92 Å². The summed E-state index contributed by atoms with van der Waals surface area (Å²) in [6.45, 7) is 2.75. The summed E-state index contributed by atoms with van der Waals surface area (Å²) in [4.78, 5) is 32.4. The highest BCUT2D eigenvalue weighted by atomic mass is 32.1. The van der Waals surface area contributed by atoms with Gasteiger partial charge in [-0.25, -0.2) is 4.98 Å². The van der Waals surface area contributed by atoms with Gasteiger partial charge in [0.25, 0.3) is 5.91 Å². The molecule has 2 saturated heterocycles. The van der Waals surface area contributed by atoms with E-state index in [0.717, 1.165) is 10.2 Å². The van der Waals surface area contributed by atoms with Gasteiger partial charge in [-0.05, 0) is 12.1 Å². The first kappa shape index (κ1) is 16.4. The van der Waals surface area contributed by atoms with Crippen LogP contribution in [-0.4, -0.2) is 77.2 Å². The summed E-state index contributed by atoms with van der Waals surface area (Å²) in [5, 5.41) is 9.11. The number of benzene rings is 1. The molecule has 7 nitrogen and oxygen atoms in total. The maximum Gasteiger partial charge on any atom is 0.317 e. The molecule has 1 aromatic carbocycles. The van der Waals surface area contributed by atoms with Crippen LogP contribution in [0.5, 0.6) is 0 Å². The van der Waals surface area contributed by atoms with Crippen LogP contribution in [0.25, 0.3) is 10.2 Å². The van der Waals surface area contributed by atoms with Gasteiger partial charge in [-0.1, -0.05) is 6.07 Å². The molecule has 2 aliphatic rings. The Hall–Kier alpha value is -2.03. The molecule has 2 aromatic rings. The highest BCUT2D eigenvalue weighted by Crippen LogP contribution is 2.27. The molecule has 8 heteroatoms. The van der Waals surface area contributed by atoms with Crippen molar-refractivity contribution < 1.29 is 19.4 Å². The van der Waals surface area contributed by atoms with Crippen LogP contribution < -0.4 is 0 Å². The molecule has 3 heterocycles. The lowest BCUT2D eigenvalue weighted by molar-refractivity contribution is -0.138. The standard InChI is InChI=1S/C17H19N3O4S/c21-15(22)7-19-4-11-5-20(12(6-19)9-24-8-11)17(23)13-2-1-3-14-16(13)25-10-18-14/h1-3,10-12H,4-9H2,(H,21,22)/t11-,12-/m0/s1. The van der Waals surface area contributed by atoms with Crippen LogP contribution in [-0.2, 0) is 9.53 Å². The van der Waals surface area contributed by atoms with Gasteiger partial charge < -0.3 is 14.7 Å². The van der Waals surface area contributed by atoms with Gasteiger partial charge in [0.15, 0.2) is 0 Å². The Balaban J connectivity index is 1.64. The molecule has 2 atom stereocenters. The lowest BCUT2D eigenvalue weighted by Crippen LogP contribution is -2.47. The number of hydrogen-bond donors (Lipinski definition) is 1. The number of aliphatic carboxylic acids is 1. The van der Waals surface area contributed by atoms with Crippen molar-refractivity contribution in [2.45, 2.75) is 6.04 Å². The van der Waals surface area contributed by atoms with Crippen molar-refractivity contribution in [3.8, 4) is 0 Å². The molecule has 0 radical (unpaired) electrons. The van der Waals surface area contributed by atoms with E-state index in [2.05, 4.69) is 4.98 Å². The SMILES string of the molecule is O=C(O)CN1C[C@@H]2COC[C@H](C1)N(C(=O)c1cccc3ncsc13)C2. The van der Waals surface area contributed by atoms with Crippen molar-refractivity contribution in [1.82, 2.24) is 14.8 Å². The largest absolute Gasteiger partial charge is 0.480 e. The van der Waals surface area contributed by atoms with Gasteiger partial charge in [0.2, 0.25) is 0 Å². The van der Waals surface area contributed by atoms with Gasteiger partial charge in [-0.2, -0.15) is 0 Å². The third-order valence-electron chi connectivity index (χ3n) is 4.75. The lowest BCUT2D eigenvalue weighted by Gasteiger charge is -2.30. The van der Waals surface area contributed by atoms with Crippen LogP contribution in [0.4, 0.5) is 0 Å². The van der Waals surface area contributed by atoms with E-state index in [1.807, 2.05) is 28.0 Å².